The van der Waals surface area contributed by atoms with Crippen LogP contribution in [0.3, 0.4) is 0 Å². The largest absolute Gasteiger partial charge is 0.394 e. The molecule has 23 N–H and O–H groups in total. The first-order chi connectivity index (χ1) is 36.8. The molecule has 0 aromatic heterocycles. The Balaban J connectivity index is 1.04. The molecule has 0 radical (unpaired) electrons. The molecule has 6 rings (SSSR count). The molecule has 6 fully saturated rings. The summed E-state index contributed by atoms with van der Waals surface area (Å²) < 4.78 is 66.0. The van der Waals surface area contributed by atoms with Crippen LogP contribution in [0.25, 0.3) is 0 Å². The normalized spacial score (nSPS) is 49.2. The third-order valence-electron chi connectivity index (χ3n) is 14.0. The minimum absolute atomic E-state index is 0.133. The van der Waals surface area contributed by atoms with E-state index in [4.69, 9.17) is 56.8 Å². The average Bonchev–Trinajstić information content (AvgIpc) is 3.45. The van der Waals surface area contributed by atoms with E-state index in [1.807, 2.05) is 0 Å². The average molecular weight is 1150 g/mol. The molecule has 36 heteroatoms. The maximum Gasteiger partial charge on any atom is 0.187 e. The summed E-state index contributed by atoms with van der Waals surface area (Å²) in [5.41, 5.74) is 0. The Bertz CT molecular complexity index is 1790. The van der Waals surface area contributed by atoms with Crippen LogP contribution >= 0.6 is 0 Å². The van der Waals surface area contributed by atoms with Gasteiger partial charge in [-0.05, 0) is 0 Å². The fraction of sp³-hybridized carbons (Fsp3) is 0.976. The van der Waals surface area contributed by atoms with E-state index in [-0.39, 0.29) is 6.29 Å². The predicted molar refractivity (Wildman–Crippen MR) is 233 cm³/mol. The third kappa shape index (κ3) is 14.3. The van der Waals surface area contributed by atoms with Crippen molar-refractivity contribution in [3.05, 3.63) is 0 Å². The van der Waals surface area contributed by atoms with E-state index in [1.165, 1.54) is 0 Å². The van der Waals surface area contributed by atoms with Gasteiger partial charge in [0.15, 0.2) is 44.0 Å². The number of aliphatic hydroxyl groups is 23. The zero-order chi connectivity index (χ0) is 57.8. The molecule has 6 heterocycles. The van der Waals surface area contributed by atoms with Gasteiger partial charge in [-0.2, -0.15) is 0 Å². The van der Waals surface area contributed by atoms with Crippen LogP contribution < -0.4 is 0 Å². The number of carbonyl (C=O) groups is 1. The van der Waals surface area contributed by atoms with Crippen molar-refractivity contribution >= 4 is 6.29 Å². The summed E-state index contributed by atoms with van der Waals surface area (Å²) in [5, 5.41) is 241. The Labute approximate surface area is 439 Å². The number of hydrogen-bond donors (Lipinski definition) is 23. The standard InChI is InChI=1S/C42H72O36/c43-1-9(48)17(50)34(10(49)2-44)76-40-29(62)23(56)19(52)14(73-40)7-68-38-32(65)26(59)36(12(4-46)71-38)78-42-31(64)25(58)21(54)16(75-42)8-69-39-33(66)27(60)35(13(5-47)72-39)77-41-30(63)24(57)20(53)15(74-41)6-67-37-28(61)22(55)18(51)11(3-45)70-37/h1,9-42,44-66H,2-8H2/t9-,10+,11+,12+,13+,14+,15+,16+,17+,18+,19+,20+,21+,22-,23-,24-,25-,26+,27+,28+,29+,30+,31+,32+,33+,34+,35+,36+,37-,38-,39-,40+,41+,42+/m0/s1. The highest BCUT2D eigenvalue weighted by atomic mass is 16.8. The molecule has 6 aliphatic heterocycles. The van der Waals surface area contributed by atoms with Gasteiger partial charge in [0.25, 0.3) is 0 Å². The summed E-state index contributed by atoms with van der Waals surface area (Å²) in [6.45, 7) is -6.50. The Morgan fingerprint density at radius 3 is 1.00 bits per heavy atom. The molecule has 6 saturated heterocycles. The van der Waals surface area contributed by atoms with Gasteiger partial charge in [0.2, 0.25) is 0 Å². The second-order valence-corrected chi connectivity index (χ2v) is 19.3. The van der Waals surface area contributed by atoms with Crippen molar-refractivity contribution in [2.45, 2.75) is 209 Å². The van der Waals surface area contributed by atoms with Gasteiger partial charge in [-0.3, -0.25) is 0 Å². The molecular weight excluding hydrogens is 1080 g/mol. The second-order valence-electron chi connectivity index (χ2n) is 19.3. The Morgan fingerprint density at radius 2 is 0.654 bits per heavy atom. The van der Waals surface area contributed by atoms with E-state index in [1.54, 1.807) is 0 Å². The molecule has 0 saturated carbocycles. The van der Waals surface area contributed by atoms with Gasteiger partial charge in [-0.15, -0.1) is 0 Å². The van der Waals surface area contributed by atoms with Crippen molar-refractivity contribution < 1.29 is 179 Å². The van der Waals surface area contributed by atoms with Crippen molar-refractivity contribution in [3.8, 4) is 0 Å². The minimum Gasteiger partial charge on any atom is -0.394 e. The molecule has 34 atom stereocenters. The molecule has 456 valence electrons. The third-order valence-corrected chi connectivity index (χ3v) is 14.0. The van der Waals surface area contributed by atoms with Crippen LogP contribution in [0.1, 0.15) is 0 Å². The van der Waals surface area contributed by atoms with Crippen molar-refractivity contribution in [2.75, 3.05) is 46.2 Å². The number of carbonyl (C=O) groups excluding carboxylic acids is 1. The Hall–Kier alpha value is -1.73. The highest BCUT2D eigenvalue weighted by Gasteiger charge is 2.55. The molecule has 78 heavy (non-hydrogen) atoms. The first-order valence-electron chi connectivity index (χ1n) is 24.4. The topological polar surface area (TPSA) is 593 Å². The van der Waals surface area contributed by atoms with Crippen LogP contribution in [-0.4, -0.2) is 379 Å². The van der Waals surface area contributed by atoms with E-state index in [0.29, 0.717) is 0 Å². The quantitative estimate of drug-likeness (QED) is 0.0423. The smallest absolute Gasteiger partial charge is 0.187 e. The first kappa shape index (κ1) is 65.4. The maximum atomic E-state index is 11.2. The van der Waals surface area contributed by atoms with E-state index >= 15 is 0 Å². The second kappa shape index (κ2) is 28.7. The lowest BCUT2D eigenvalue weighted by molar-refractivity contribution is -0.376. The molecule has 0 unspecified atom stereocenters. The highest BCUT2D eigenvalue weighted by Crippen LogP contribution is 2.34. The molecule has 0 aromatic carbocycles. The SMILES string of the molecule is O=C[C@H](O)[C@@H](O)[C@H](O[C@H]1O[C@H](CO[C@H]2O[C@H](CO)[C@@H](O[C@H]3O[C@H](CO[C@H]4O[C@H](CO)[C@@H](O[C@H]5O[C@H](CO[C@H]6O[C@H](CO)[C@@H](O)[C@H](O)[C@H]6O)[C@@H](O)[C@H](O)[C@H]5O)[C@H](O)[C@H]4O)[C@@H](O)[C@H](O)[C@H]3O)[C@H](O)[C@H]2O)[C@@H](O)[C@H](O)[C@H]1O)[C@H](O)CO. The van der Waals surface area contributed by atoms with E-state index < -0.39 is 255 Å². The van der Waals surface area contributed by atoms with Crippen molar-refractivity contribution in [3.63, 3.8) is 0 Å². The van der Waals surface area contributed by atoms with Crippen LogP contribution in [0.5, 0.6) is 0 Å². The van der Waals surface area contributed by atoms with Gasteiger partial charge >= 0.3 is 0 Å². The van der Waals surface area contributed by atoms with Crippen LogP contribution in [0.4, 0.5) is 0 Å². The van der Waals surface area contributed by atoms with Crippen LogP contribution in [0.2, 0.25) is 0 Å². The van der Waals surface area contributed by atoms with Crippen LogP contribution in [-0.2, 0) is 61.6 Å². The zero-order valence-electron chi connectivity index (χ0n) is 40.8. The van der Waals surface area contributed by atoms with E-state index in [0.717, 1.165) is 0 Å². The summed E-state index contributed by atoms with van der Waals surface area (Å²) in [5.74, 6) is 0. The van der Waals surface area contributed by atoms with Crippen LogP contribution in [0, 0.1) is 0 Å². The Morgan fingerprint density at radius 1 is 0.359 bits per heavy atom. The zero-order valence-corrected chi connectivity index (χ0v) is 40.8. The highest BCUT2D eigenvalue weighted by molar-refractivity contribution is 5.56. The maximum absolute atomic E-state index is 11.2. The lowest BCUT2D eigenvalue weighted by Gasteiger charge is -2.47. The summed E-state index contributed by atoms with van der Waals surface area (Å²) in [4.78, 5) is 11.1. The van der Waals surface area contributed by atoms with Gasteiger partial charge in [0, 0.05) is 0 Å². The molecule has 6 aliphatic rings. The van der Waals surface area contributed by atoms with Gasteiger partial charge in [-0.25, -0.2) is 0 Å². The number of aliphatic hydroxyl groups excluding tert-OH is 23. The summed E-state index contributed by atoms with van der Waals surface area (Å²) in [7, 11) is 0. The first-order valence-corrected chi connectivity index (χ1v) is 24.4. The molecule has 0 amide bonds. The van der Waals surface area contributed by atoms with Crippen molar-refractivity contribution in [1.29, 1.82) is 0 Å². The number of aldehydes is 1. The molecule has 0 bridgehead atoms. The van der Waals surface area contributed by atoms with Gasteiger partial charge in [0.05, 0.1) is 46.2 Å². The molecule has 0 spiro atoms. The Kier molecular flexibility index (Phi) is 24.1. The monoisotopic (exact) mass is 1150 g/mol. The number of hydrogen-bond acceptors (Lipinski definition) is 36. The molecule has 36 nitrogen and oxygen atoms in total. The van der Waals surface area contributed by atoms with Crippen LogP contribution in [0.15, 0.2) is 0 Å². The van der Waals surface area contributed by atoms with Crippen molar-refractivity contribution in [2.24, 2.45) is 0 Å². The lowest BCUT2D eigenvalue weighted by atomic mass is 9.96. The lowest BCUT2D eigenvalue weighted by Crippen LogP contribution is -2.66. The fourth-order valence-electron chi connectivity index (χ4n) is 9.23. The molecule has 0 aliphatic carbocycles. The van der Waals surface area contributed by atoms with Crippen molar-refractivity contribution in [1.82, 2.24) is 0 Å². The summed E-state index contributed by atoms with van der Waals surface area (Å²) in [6, 6.07) is 0. The van der Waals surface area contributed by atoms with E-state index in [9.17, 15) is 122 Å². The summed E-state index contributed by atoms with van der Waals surface area (Å²) in [6.07, 6.45) is -66.4. The van der Waals surface area contributed by atoms with E-state index in [2.05, 4.69) is 0 Å². The minimum atomic E-state index is -2.22. The summed E-state index contributed by atoms with van der Waals surface area (Å²) >= 11 is 0. The van der Waals surface area contributed by atoms with Gasteiger partial charge in [0.1, 0.15) is 171 Å². The van der Waals surface area contributed by atoms with Gasteiger partial charge < -0.3 is 179 Å². The van der Waals surface area contributed by atoms with Gasteiger partial charge in [-0.1, -0.05) is 0 Å². The molecular formula is C42H72O36. The number of rotatable bonds is 23. The number of ether oxygens (including phenoxy) is 12. The predicted octanol–water partition coefficient (Wildman–Crippen LogP) is -16.4. The molecule has 0 aromatic rings. The fourth-order valence-corrected chi connectivity index (χ4v) is 9.23.